The van der Waals surface area contributed by atoms with Gasteiger partial charge in [-0.25, -0.2) is 0 Å². The van der Waals surface area contributed by atoms with Gasteiger partial charge in [-0.1, -0.05) is 17.7 Å². The van der Waals surface area contributed by atoms with Crippen molar-refractivity contribution in [1.29, 1.82) is 0 Å². The summed E-state index contributed by atoms with van der Waals surface area (Å²) in [7, 11) is 0. The van der Waals surface area contributed by atoms with Crippen LogP contribution in [0.15, 0.2) is 42.6 Å². The van der Waals surface area contributed by atoms with E-state index >= 15 is 0 Å². The second kappa shape index (κ2) is 6.71. The summed E-state index contributed by atoms with van der Waals surface area (Å²) in [5.41, 5.74) is 3.69. The van der Waals surface area contributed by atoms with E-state index in [4.69, 9.17) is 0 Å². The molecule has 0 atom stereocenters. The van der Waals surface area contributed by atoms with Gasteiger partial charge in [0.2, 0.25) is 0 Å². The number of piperidine rings is 1. The Kier molecular flexibility index (Phi) is 4.49. The van der Waals surface area contributed by atoms with E-state index in [1.807, 2.05) is 37.3 Å². The Morgan fingerprint density at radius 1 is 1.18 bits per heavy atom. The summed E-state index contributed by atoms with van der Waals surface area (Å²) in [4.78, 5) is 16.8. The van der Waals surface area contributed by atoms with Gasteiger partial charge in [0.25, 0.3) is 5.91 Å². The van der Waals surface area contributed by atoms with E-state index in [9.17, 15) is 4.79 Å². The quantitative estimate of drug-likeness (QED) is 0.915. The van der Waals surface area contributed by atoms with Crippen LogP contribution >= 0.6 is 0 Å². The second-order valence-corrected chi connectivity index (χ2v) is 5.81. The number of carbonyl (C=O) groups excluding carboxylic acids is 1. The first-order chi connectivity index (χ1) is 10.7. The van der Waals surface area contributed by atoms with Crippen molar-refractivity contribution in [2.45, 2.75) is 25.7 Å². The van der Waals surface area contributed by atoms with Crippen molar-refractivity contribution in [1.82, 2.24) is 10.3 Å². The highest BCUT2D eigenvalue weighted by Gasteiger charge is 2.17. The van der Waals surface area contributed by atoms with E-state index in [1.54, 1.807) is 12.3 Å². The fourth-order valence-corrected chi connectivity index (χ4v) is 2.77. The van der Waals surface area contributed by atoms with E-state index in [2.05, 4.69) is 15.6 Å². The van der Waals surface area contributed by atoms with Gasteiger partial charge in [0.05, 0.1) is 0 Å². The van der Waals surface area contributed by atoms with Gasteiger partial charge in [-0.15, -0.1) is 0 Å². The SMILES string of the molecule is Cc1ccc(NC(=O)c2ccnc(C3CCNCC3)c2)cc1. The van der Waals surface area contributed by atoms with Crippen LogP contribution in [-0.2, 0) is 0 Å². The molecule has 1 fully saturated rings. The molecule has 0 aliphatic carbocycles. The third kappa shape index (κ3) is 3.52. The Balaban J connectivity index is 1.73. The number of rotatable bonds is 3. The van der Waals surface area contributed by atoms with Crippen molar-refractivity contribution in [2.75, 3.05) is 18.4 Å². The van der Waals surface area contributed by atoms with Crippen LogP contribution in [0, 0.1) is 6.92 Å². The number of benzene rings is 1. The lowest BCUT2D eigenvalue weighted by Crippen LogP contribution is -2.27. The van der Waals surface area contributed by atoms with Crippen LogP contribution in [-0.4, -0.2) is 24.0 Å². The molecule has 0 saturated carbocycles. The Bertz CT molecular complexity index is 646. The molecule has 22 heavy (non-hydrogen) atoms. The largest absolute Gasteiger partial charge is 0.322 e. The first kappa shape index (κ1) is 14.7. The van der Waals surface area contributed by atoms with Crippen LogP contribution < -0.4 is 10.6 Å². The molecule has 1 aliphatic heterocycles. The zero-order valence-electron chi connectivity index (χ0n) is 12.8. The predicted molar refractivity (Wildman–Crippen MR) is 88.2 cm³/mol. The lowest BCUT2D eigenvalue weighted by molar-refractivity contribution is 0.102. The number of anilines is 1. The van der Waals surface area contributed by atoms with Crippen molar-refractivity contribution < 1.29 is 4.79 Å². The number of carbonyl (C=O) groups is 1. The van der Waals surface area contributed by atoms with Crippen LogP contribution in [0.4, 0.5) is 5.69 Å². The van der Waals surface area contributed by atoms with Gasteiger partial charge in [-0.05, 0) is 57.1 Å². The monoisotopic (exact) mass is 295 g/mol. The molecule has 1 aliphatic rings. The molecule has 3 rings (SSSR count). The van der Waals surface area contributed by atoms with Gasteiger partial charge in [0, 0.05) is 29.1 Å². The molecular formula is C18H21N3O. The minimum atomic E-state index is -0.0820. The molecular weight excluding hydrogens is 274 g/mol. The topological polar surface area (TPSA) is 54.0 Å². The normalized spacial score (nSPS) is 15.5. The molecule has 4 heteroatoms. The average molecular weight is 295 g/mol. The van der Waals surface area contributed by atoms with Crippen LogP contribution in [0.25, 0.3) is 0 Å². The number of pyridine rings is 1. The number of amides is 1. The summed E-state index contributed by atoms with van der Waals surface area (Å²) in [6.45, 7) is 4.07. The van der Waals surface area contributed by atoms with Crippen LogP contribution in [0.1, 0.15) is 40.4 Å². The summed E-state index contributed by atoms with van der Waals surface area (Å²) in [6.07, 6.45) is 3.90. The van der Waals surface area contributed by atoms with Crippen molar-refractivity contribution >= 4 is 11.6 Å². The lowest BCUT2D eigenvalue weighted by atomic mass is 9.93. The number of hydrogen-bond acceptors (Lipinski definition) is 3. The Hall–Kier alpha value is -2.20. The molecule has 0 unspecified atom stereocenters. The smallest absolute Gasteiger partial charge is 0.255 e. The third-order valence-electron chi connectivity index (χ3n) is 4.11. The van der Waals surface area contributed by atoms with E-state index < -0.39 is 0 Å². The molecule has 0 radical (unpaired) electrons. The van der Waals surface area contributed by atoms with Gasteiger partial charge < -0.3 is 10.6 Å². The fourth-order valence-electron chi connectivity index (χ4n) is 2.77. The summed E-state index contributed by atoms with van der Waals surface area (Å²) < 4.78 is 0. The first-order valence-corrected chi connectivity index (χ1v) is 7.77. The number of nitrogens with zero attached hydrogens (tertiary/aromatic N) is 1. The van der Waals surface area contributed by atoms with Gasteiger partial charge in [0.1, 0.15) is 0 Å². The van der Waals surface area contributed by atoms with Gasteiger partial charge >= 0.3 is 0 Å². The number of nitrogens with one attached hydrogen (secondary N) is 2. The number of aryl methyl sites for hydroxylation is 1. The van der Waals surface area contributed by atoms with E-state index in [-0.39, 0.29) is 5.91 Å². The first-order valence-electron chi connectivity index (χ1n) is 7.77. The van der Waals surface area contributed by atoms with Crippen molar-refractivity contribution in [3.05, 3.63) is 59.4 Å². The third-order valence-corrected chi connectivity index (χ3v) is 4.11. The van der Waals surface area contributed by atoms with Crippen molar-refractivity contribution in [2.24, 2.45) is 0 Å². The number of hydrogen-bond donors (Lipinski definition) is 2. The molecule has 1 saturated heterocycles. The van der Waals surface area contributed by atoms with Gasteiger partial charge in [-0.3, -0.25) is 9.78 Å². The summed E-state index contributed by atoms with van der Waals surface area (Å²) in [6, 6.07) is 11.5. The number of aromatic nitrogens is 1. The van der Waals surface area contributed by atoms with Gasteiger partial charge in [-0.2, -0.15) is 0 Å². The highest BCUT2D eigenvalue weighted by atomic mass is 16.1. The Morgan fingerprint density at radius 2 is 1.91 bits per heavy atom. The van der Waals surface area contributed by atoms with Crippen LogP contribution in [0.2, 0.25) is 0 Å². The van der Waals surface area contributed by atoms with E-state index in [0.717, 1.165) is 37.3 Å². The standard InChI is InChI=1S/C18H21N3O/c1-13-2-4-16(5-3-13)21-18(22)15-8-11-20-17(12-15)14-6-9-19-10-7-14/h2-5,8,11-12,14,19H,6-7,9-10H2,1H3,(H,21,22). The highest BCUT2D eigenvalue weighted by Crippen LogP contribution is 2.24. The predicted octanol–water partition coefficient (Wildman–Crippen LogP) is 3.11. The molecule has 0 bridgehead atoms. The van der Waals surface area contributed by atoms with E-state index in [0.29, 0.717) is 11.5 Å². The maximum atomic E-state index is 12.4. The Morgan fingerprint density at radius 3 is 2.64 bits per heavy atom. The molecule has 2 heterocycles. The van der Waals surface area contributed by atoms with Crippen LogP contribution in [0.3, 0.4) is 0 Å². The van der Waals surface area contributed by atoms with Gasteiger partial charge in [0.15, 0.2) is 0 Å². The minimum Gasteiger partial charge on any atom is -0.322 e. The van der Waals surface area contributed by atoms with Crippen molar-refractivity contribution in [3.63, 3.8) is 0 Å². The second-order valence-electron chi connectivity index (χ2n) is 5.81. The molecule has 114 valence electrons. The molecule has 1 amide bonds. The van der Waals surface area contributed by atoms with E-state index in [1.165, 1.54) is 5.56 Å². The van der Waals surface area contributed by atoms with Crippen LogP contribution in [0.5, 0.6) is 0 Å². The molecule has 1 aromatic carbocycles. The summed E-state index contributed by atoms with van der Waals surface area (Å²) in [5.74, 6) is 0.370. The Labute approximate surface area is 131 Å². The molecule has 0 spiro atoms. The highest BCUT2D eigenvalue weighted by molar-refractivity contribution is 6.04. The van der Waals surface area contributed by atoms with Crippen molar-refractivity contribution in [3.8, 4) is 0 Å². The maximum absolute atomic E-state index is 12.4. The minimum absolute atomic E-state index is 0.0820. The molecule has 2 N–H and O–H groups in total. The summed E-state index contributed by atoms with van der Waals surface area (Å²) >= 11 is 0. The zero-order valence-corrected chi connectivity index (χ0v) is 12.8. The zero-order chi connectivity index (χ0) is 15.4. The fraction of sp³-hybridized carbons (Fsp3) is 0.333. The molecule has 1 aromatic heterocycles. The maximum Gasteiger partial charge on any atom is 0.255 e. The average Bonchev–Trinajstić information content (AvgIpc) is 2.58. The lowest BCUT2D eigenvalue weighted by Gasteiger charge is -2.22. The summed E-state index contributed by atoms with van der Waals surface area (Å²) in [5, 5.41) is 6.29. The molecule has 4 nitrogen and oxygen atoms in total. The molecule has 2 aromatic rings.